The average molecular weight is 566 g/mol. The van der Waals surface area contributed by atoms with Crippen molar-refractivity contribution in [3.8, 4) is 11.5 Å². The number of unbranched alkanes of at least 4 members (excludes halogenated alkanes) is 1. The van der Waals surface area contributed by atoms with Crippen LogP contribution in [0.5, 0.6) is 11.5 Å². The van der Waals surface area contributed by atoms with Crippen molar-refractivity contribution in [3.05, 3.63) is 23.8 Å². The molecule has 0 amide bonds. The first-order chi connectivity index (χ1) is 18.7. The van der Waals surface area contributed by atoms with Gasteiger partial charge in [-0.05, 0) is 56.2 Å². The fourth-order valence-corrected chi connectivity index (χ4v) is 3.08. The van der Waals surface area contributed by atoms with Crippen molar-refractivity contribution in [3.63, 3.8) is 0 Å². The molecule has 0 aromatic heterocycles. The van der Waals surface area contributed by atoms with E-state index in [9.17, 15) is 19.2 Å². The molecule has 0 saturated heterocycles. The number of benzene rings is 1. The zero-order chi connectivity index (χ0) is 30.6. The predicted molar refractivity (Wildman–Crippen MR) is 150 cm³/mol. The van der Waals surface area contributed by atoms with Gasteiger partial charge in [0.1, 0.15) is 18.2 Å². The van der Waals surface area contributed by atoms with Crippen molar-refractivity contribution in [2.75, 3.05) is 6.61 Å². The molecule has 2 unspecified atom stereocenters. The Balaban J connectivity index is 2.97. The lowest BCUT2D eigenvalue weighted by molar-refractivity contribution is -0.155. The van der Waals surface area contributed by atoms with Gasteiger partial charge < -0.3 is 29.4 Å². The zero-order valence-corrected chi connectivity index (χ0v) is 25.4. The van der Waals surface area contributed by atoms with Gasteiger partial charge in [0, 0.05) is 0 Å². The monoisotopic (exact) mass is 565 g/mol. The van der Waals surface area contributed by atoms with Crippen LogP contribution in [0.1, 0.15) is 80.7 Å². The quantitative estimate of drug-likeness (QED) is 0.171. The van der Waals surface area contributed by atoms with E-state index >= 15 is 0 Å². The molecule has 0 saturated carbocycles. The van der Waals surface area contributed by atoms with Gasteiger partial charge in [-0.2, -0.15) is 0 Å². The van der Waals surface area contributed by atoms with Gasteiger partial charge in [-0.3, -0.25) is 14.4 Å². The first-order valence-electron chi connectivity index (χ1n) is 14.0. The van der Waals surface area contributed by atoms with Crippen molar-refractivity contribution in [2.24, 2.45) is 29.4 Å². The molecule has 0 bridgehead atoms. The van der Waals surface area contributed by atoms with E-state index in [1.807, 2.05) is 34.6 Å². The summed E-state index contributed by atoms with van der Waals surface area (Å²) < 4.78 is 26.7. The maximum Gasteiger partial charge on any atom is 0.508 e. The van der Waals surface area contributed by atoms with Crippen molar-refractivity contribution in [1.82, 2.24) is 0 Å². The molecule has 2 N–H and O–H groups in total. The van der Waals surface area contributed by atoms with Crippen molar-refractivity contribution in [1.29, 1.82) is 0 Å². The molecular formula is C30H47NO9. The van der Waals surface area contributed by atoms with Gasteiger partial charge in [0.05, 0.1) is 18.4 Å². The average Bonchev–Trinajstić information content (AvgIpc) is 2.88. The molecule has 0 fully saturated rings. The molecule has 10 heteroatoms. The van der Waals surface area contributed by atoms with Crippen LogP contribution in [0.4, 0.5) is 4.79 Å². The van der Waals surface area contributed by atoms with Crippen LogP contribution in [0.25, 0.3) is 0 Å². The van der Waals surface area contributed by atoms with E-state index in [0.29, 0.717) is 5.56 Å². The zero-order valence-electron chi connectivity index (χ0n) is 25.4. The van der Waals surface area contributed by atoms with Crippen LogP contribution >= 0.6 is 0 Å². The van der Waals surface area contributed by atoms with Gasteiger partial charge in [0.15, 0.2) is 11.5 Å². The largest absolute Gasteiger partial charge is 0.508 e. The molecule has 0 aliphatic carbocycles. The smallest absolute Gasteiger partial charge is 0.458 e. The summed E-state index contributed by atoms with van der Waals surface area (Å²) in [5.41, 5.74) is 6.68. The highest BCUT2D eigenvalue weighted by Crippen LogP contribution is 2.31. The second-order valence-electron chi connectivity index (χ2n) is 10.9. The van der Waals surface area contributed by atoms with E-state index in [-0.39, 0.29) is 42.3 Å². The third-order valence-corrected chi connectivity index (χ3v) is 6.89. The van der Waals surface area contributed by atoms with Gasteiger partial charge in [-0.1, -0.05) is 61.0 Å². The van der Waals surface area contributed by atoms with Crippen molar-refractivity contribution in [2.45, 2.75) is 99.8 Å². The number of ether oxygens (including phenoxy) is 5. The molecule has 0 heterocycles. The van der Waals surface area contributed by atoms with Crippen LogP contribution < -0.4 is 15.2 Å². The third-order valence-electron chi connectivity index (χ3n) is 6.89. The number of rotatable bonds is 15. The Morgan fingerprint density at radius 3 is 1.80 bits per heavy atom. The molecule has 0 aliphatic rings. The number of hydrogen-bond donors (Lipinski definition) is 1. The summed E-state index contributed by atoms with van der Waals surface area (Å²) in [4.78, 5) is 49.7. The minimum atomic E-state index is -1.06. The van der Waals surface area contributed by atoms with E-state index < -0.39 is 48.2 Å². The molecule has 1 aromatic carbocycles. The van der Waals surface area contributed by atoms with Gasteiger partial charge >= 0.3 is 24.1 Å². The topological polar surface area (TPSA) is 140 Å². The molecule has 5 atom stereocenters. The number of carbonyl (C=O) groups excluding carboxylic acids is 4. The SMILES string of the molecule is CCCCOC(=O)O[C@@H](C)[C@H](C)OC(=O)[C@@H](N)Cc1ccc(OC(=O)C(C)C(C)C)c(OC(=O)C(C)C(C)C)c1. The fourth-order valence-electron chi connectivity index (χ4n) is 3.08. The van der Waals surface area contributed by atoms with Crippen LogP contribution in [0, 0.1) is 23.7 Å². The second-order valence-corrected chi connectivity index (χ2v) is 10.9. The lowest BCUT2D eigenvalue weighted by atomic mass is 9.98. The maximum absolute atomic E-state index is 12.7. The minimum Gasteiger partial charge on any atom is -0.458 e. The van der Waals surface area contributed by atoms with Gasteiger partial charge in [-0.15, -0.1) is 0 Å². The third kappa shape index (κ3) is 11.5. The van der Waals surface area contributed by atoms with E-state index in [1.165, 1.54) is 12.1 Å². The Labute approximate surface area is 238 Å². The summed E-state index contributed by atoms with van der Waals surface area (Å²) in [5, 5.41) is 0. The van der Waals surface area contributed by atoms with Crippen molar-refractivity contribution < 1.29 is 42.9 Å². The molecule has 0 aliphatic heterocycles. The molecule has 1 aromatic rings. The first kappa shape index (κ1) is 34.9. The van der Waals surface area contributed by atoms with Crippen LogP contribution in [0.2, 0.25) is 0 Å². The standard InChI is InChI=1S/C30H47NO9/c1-10-11-14-36-30(35)38-22(9)21(8)37-29(34)24(31)15-23-12-13-25(39-27(32)19(6)17(2)3)26(16-23)40-28(33)20(7)18(4)5/h12-13,16-22,24H,10-11,14-15,31H2,1-9H3/t19?,20?,21-,22-,24-/m0/s1. The molecule has 40 heavy (non-hydrogen) atoms. The lowest BCUT2D eigenvalue weighted by Crippen LogP contribution is -2.39. The molecule has 0 spiro atoms. The first-order valence-corrected chi connectivity index (χ1v) is 14.0. The molecule has 10 nitrogen and oxygen atoms in total. The second kappa shape index (κ2) is 16.8. The van der Waals surface area contributed by atoms with E-state index in [2.05, 4.69) is 0 Å². The fraction of sp³-hybridized carbons (Fsp3) is 0.667. The summed E-state index contributed by atoms with van der Waals surface area (Å²) in [7, 11) is 0. The van der Waals surface area contributed by atoms with Crippen LogP contribution in [-0.4, -0.2) is 48.9 Å². The molecular weight excluding hydrogens is 518 g/mol. The molecule has 1 rings (SSSR count). The lowest BCUT2D eigenvalue weighted by Gasteiger charge is -2.22. The van der Waals surface area contributed by atoms with E-state index in [0.717, 1.165) is 12.8 Å². The Morgan fingerprint density at radius 1 is 0.750 bits per heavy atom. The molecule has 0 radical (unpaired) electrons. The summed E-state index contributed by atoms with van der Waals surface area (Å²) in [6.45, 7) is 16.5. The number of carbonyl (C=O) groups is 4. The maximum atomic E-state index is 12.7. The highest BCUT2D eigenvalue weighted by atomic mass is 16.7. The Bertz CT molecular complexity index is 991. The highest BCUT2D eigenvalue weighted by molar-refractivity contribution is 5.79. The van der Waals surface area contributed by atoms with Gasteiger partial charge in [0.25, 0.3) is 0 Å². The van der Waals surface area contributed by atoms with Crippen LogP contribution in [-0.2, 0) is 35.0 Å². The van der Waals surface area contributed by atoms with Crippen LogP contribution in [0.3, 0.4) is 0 Å². The molecule has 226 valence electrons. The number of esters is 3. The normalized spacial score (nSPS) is 15.0. The predicted octanol–water partition coefficient (Wildman–Crippen LogP) is 5.22. The minimum absolute atomic E-state index is 0.0393. The highest BCUT2D eigenvalue weighted by Gasteiger charge is 2.27. The Kier molecular flexibility index (Phi) is 14.7. The Morgan fingerprint density at radius 2 is 1.27 bits per heavy atom. The van der Waals surface area contributed by atoms with Gasteiger partial charge in [0.2, 0.25) is 0 Å². The van der Waals surface area contributed by atoms with Crippen LogP contribution in [0.15, 0.2) is 18.2 Å². The van der Waals surface area contributed by atoms with E-state index in [1.54, 1.807) is 33.8 Å². The Hall–Kier alpha value is -3.14. The van der Waals surface area contributed by atoms with Gasteiger partial charge in [-0.25, -0.2) is 4.79 Å². The van der Waals surface area contributed by atoms with Crippen molar-refractivity contribution >= 4 is 24.1 Å². The van der Waals surface area contributed by atoms with E-state index in [4.69, 9.17) is 29.4 Å². The summed E-state index contributed by atoms with van der Waals surface area (Å²) >= 11 is 0. The summed E-state index contributed by atoms with van der Waals surface area (Å²) in [5.74, 6) is -2.11. The summed E-state index contributed by atoms with van der Waals surface area (Å²) in [6, 6.07) is 3.63. The number of hydrogen-bond acceptors (Lipinski definition) is 10. The number of nitrogens with two attached hydrogens (primary N) is 1. The summed E-state index contributed by atoms with van der Waals surface area (Å²) in [6.07, 6.45) is -0.689.